The number of carbonyl (C=O) groups is 2. The summed E-state index contributed by atoms with van der Waals surface area (Å²) in [6, 6.07) is 13.0. The second-order valence-corrected chi connectivity index (χ2v) is 9.86. The monoisotopic (exact) mass is 457 g/mol. The molecule has 2 aromatic carbocycles. The Kier molecular flexibility index (Phi) is 6.10. The number of hydrogen-bond donors (Lipinski definition) is 0. The Morgan fingerprint density at radius 1 is 1.00 bits per heavy atom. The van der Waals surface area contributed by atoms with Crippen LogP contribution in [-0.2, 0) is 19.6 Å². The number of anilines is 1. The zero-order chi connectivity index (χ0) is 22.9. The van der Waals surface area contributed by atoms with Gasteiger partial charge in [0.2, 0.25) is 11.8 Å². The number of ether oxygens (including phenoxy) is 1. The Hall–Kier alpha value is -3.07. The van der Waals surface area contributed by atoms with E-state index in [1.807, 2.05) is 31.2 Å². The van der Waals surface area contributed by atoms with Crippen molar-refractivity contribution in [3.63, 3.8) is 0 Å². The molecule has 0 aromatic heterocycles. The second kappa shape index (κ2) is 8.82. The van der Waals surface area contributed by atoms with Crippen LogP contribution in [0.3, 0.4) is 0 Å². The van der Waals surface area contributed by atoms with E-state index in [1.165, 1.54) is 12.1 Å². The Bertz CT molecular complexity index is 1110. The Morgan fingerprint density at radius 3 is 2.31 bits per heavy atom. The van der Waals surface area contributed by atoms with Crippen LogP contribution < -0.4 is 9.64 Å². The standard InChI is InChI=1S/C23H27N3O5S/c1-17-7-9-18(10-8-17)32(29,30)26-20(11-12-22(26)27)23(28)25-15-13-24(14-16-25)19-5-3-4-6-21(19)31-2/h3-10,20H,11-16H2,1-2H3/t20-/m0/s1. The number of nitrogens with zero attached hydrogens (tertiary/aromatic N) is 3. The summed E-state index contributed by atoms with van der Waals surface area (Å²) in [6.07, 6.45) is 0.248. The summed E-state index contributed by atoms with van der Waals surface area (Å²) in [7, 11) is -2.47. The van der Waals surface area contributed by atoms with Crippen LogP contribution in [0.1, 0.15) is 18.4 Å². The van der Waals surface area contributed by atoms with Crippen LogP contribution in [0.25, 0.3) is 0 Å². The molecule has 0 radical (unpaired) electrons. The summed E-state index contributed by atoms with van der Waals surface area (Å²) < 4.78 is 32.6. The first-order valence-electron chi connectivity index (χ1n) is 10.6. The van der Waals surface area contributed by atoms with Crippen molar-refractivity contribution in [2.24, 2.45) is 0 Å². The molecule has 2 heterocycles. The highest BCUT2D eigenvalue weighted by Gasteiger charge is 2.45. The first-order valence-corrected chi connectivity index (χ1v) is 12.1. The van der Waals surface area contributed by atoms with Crippen molar-refractivity contribution in [3.8, 4) is 5.75 Å². The molecule has 9 heteroatoms. The van der Waals surface area contributed by atoms with Crippen LogP contribution in [0.5, 0.6) is 5.75 Å². The van der Waals surface area contributed by atoms with E-state index in [0.29, 0.717) is 26.2 Å². The SMILES string of the molecule is COc1ccccc1N1CCN(C(=O)[C@@H]2CCC(=O)N2S(=O)(=O)c2ccc(C)cc2)CC1. The number of hydrogen-bond acceptors (Lipinski definition) is 6. The topological polar surface area (TPSA) is 87.2 Å². The molecule has 0 unspecified atom stereocenters. The van der Waals surface area contributed by atoms with Crippen molar-refractivity contribution >= 4 is 27.5 Å². The number of para-hydroxylation sites is 2. The fourth-order valence-electron chi connectivity index (χ4n) is 4.28. The molecule has 0 N–H and O–H groups in total. The smallest absolute Gasteiger partial charge is 0.267 e. The summed E-state index contributed by atoms with van der Waals surface area (Å²) in [6.45, 7) is 3.93. The molecule has 170 valence electrons. The van der Waals surface area contributed by atoms with Crippen molar-refractivity contribution in [2.45, 2.75) is 30.7 Å². The molecule has 0 bridgehead atoms. The Balaban J connectivity index is 1.49. The zero-order valence-electron chi connectivity index (χ0n) is 18.2. The molecule has 2 saturated heterocycles. The maximum absolute atomic E-state index is 13.3. The average Bonchev–Trinajstić information content (AvgIpc) is 3.21. The molecular weight excluding hydrogens is 430 g/mol. The third kappa shape index (κ3) is 4.04. The molecule has 8 nitrogen and oxygen atoms in total. The van der Waals surface area contributed by atoms with Crippen molar-refractivity contribution < 1.29 is 22.7 Å². The highest BCUT2D eigenvalue weighted by molar-refractivity contribution is 7.89. The maximum Gasteiger partial charge on any atom is 0.267 e. The first kappa shape index (κ1) is 22.1. The number of amides is 2. The van der Waals surface area contributed by atoms with Crippen LogP contribution in [0.2, 0.25) is 0 Å². The number of rotatable bonds is 5. The molecule has 2 amide bonds. The predicted octanol–water partition coefficient (Wildman–Crippen LogP) is 2.03. The number of aryl methyl sites for hydroxylation is 1. The Labute approximate surface area is 188 Å². The number of carbonyl (C=O) groups excluding carboxylic acids is 2. The molecule has 2 fully saturated rings. The molecule has 2 aliphatic rings. The van der Waals surface area contributed by atoms with Gasteiger partial charge < -0.3 is 14.5 Å². The Morgan fingerprint density at radius 2 is 1.66 bits per heavy atom. The third-order valence-corrected chi connectivity index (χ3v) is 7.88. The van der Waals surface area contributed by atoms with Gasteiger partial charge in [-0.15, -0.1) is 0 Å². The van der Waals surface area contributed by atoms with Gasteiger partial charge in [-0.3, -0.25) is 9.59 Å². The van der Waals surface area contributed by atoms with E-state index in [4.69, 9.17) is 4.74 Å². The summed E-state index contributed by atoms with van der Waals surface area (Å²) >= 11 is 0. The maximum atomic E-state index is 13.3. The van der Waals surface area contributed by atoms with Crippen LogP contribution in [0.15, 0.2) is 53.4 Å². The number of piperazine rings is 1. The number of sulfonamides is 1. The van der Waals surface area contributed by atoms with Crippen LogP contribution in [0, 0.1) is 6.92 Å². The molecule has 1 atom stereocenters. The minimum absolute atomic E-state index is 0.0251. The van der Waals surface area contributed by atoms with Gasteiger partial charge in [0.1, 0.15) is 11.8 Å². The van der Waals surface area contributed by atoms with E-state index in [9.17, 15) is 18.0 Å². The molecule has 0 spiro atoms. The lowest BCUT2D eigenvalue weighted by molar-refractivity contribution is -0.138. The molecule has 2 aliphatic heterocycles. The van der Waals surface area contributed by atoms with Crippen LogP contribution in [0.4, 0.5) is 5.69 Å². The lowest BCUT2D eigenvalue weighted by atomic mass is 10.1. The fourth-order valence-corrected chi connectivity index (χ4v) is 5.88. The fraction of sp³-hybridized carbons (Fsp3) is 0.391. The number of methoxy groups -OCH3 is 1. The molecular formula is C23H27N3O5S. The molecule has 32 heavy (non-hydrogen) atoms. The van der Waals surface area contributed by atoms with E-state index in [-0.39, 0.29) is 23.6 Å². The second-order valence-electron chi connectivity index (χ2n) is 8.05. The molecule has 0 saturated carbocycles. The largest absolute Gasteiger partial charge is 0.495 e. The summed E-state index contributed by atoms with van der Waals surface area (Å²) in [5.41, 5.74) is 1.87. The quantitative estimate of drug-likeness (QED) is 0.683. The van der Waals surface area contributed by atoms with Crippen LogP contribution >= 0.6 is 0 Å². The lowest BCUT2D eigenvalue weighted by Gasteiger charge is -2.38. The van der Waals surface area contributed by atoms with E-state index >= 15 is 0 Å². The van der Waals surface area contributed by atoms with E-state index < -0.39 is 22.0 Å². The van der Waals surface area contributed by atoms with Crippen molar-refractivity contribution in [1.29, 1.82) is 0 Å². The van der Waals surface area contributed by atoms with E-state index in [0.717, 1.165) is 21.3 Å². The van der Waals surface area contributed by atoms with Gasteiger partial charge in [0.15, 0.2) is 0 Å². The van der Waals surface area contributed by atoms with Crippen molar-refractivity contribution in [1.82, 2.24) is 9.21 Å². The van der Waals surface area contributed by atoms with E-state index in [1.54, 1.807) is 24.1 Å². The van der Waals surface area contributed by atoms with Gasteiger partial charge in [0, 0.05) is 32.6 Å². The minimum Gasteiger partial charge on any atom is -0.495 e. The van der Waals surface area contributed by atoms with Gasteiger partial charge in [0.25, 0.3) is 10.0 Å². The summed E-state index contributed by atoms with van der Waals surface area (Å²) in [5, 5.41) is 0. The highest BCUT2D eigenvalue weighted by Crippen LogP contribution is 2.31. The summed E-state index contributed by atoms with van der Waals surface area (Å²) in [5.74, 6) is -0.0770. The molecule has 0 aliphatic carbocycles. The zero-order valence-corrected chi connectivity index (χ0v) is 19.0. The lowest BCUT2D eigenvalue weighted by Crippen LogP contribution is -2.55. The average molecular weight is 458 g/mol. The van der Waals surface area contributed by atoms with Gasteiger partial charge in [-0.1, -0.05) is 29.8 Å². The van der Waals surface area contributed by atoms with Gasteiger partial charge in [-0.25, -0.2) is 12.7 Å². The van der Waals surface area contributed by atoms with E-state index in [2.05, 4.69) is 4.90 Å². The third-order valence-electron chi connectivity index (χ3n) is 6.04. The predicted molar refractivity (Wildman–Crippen MR) is 120 cm³/mol. The minimum atomic E-state index is -4.09. The van der Waals surface area contributed by atoms with Gasteiger partial charge in [-0.2, -0.15) is 0 Å². The normalized spacial score (nSPS) is 19.4. The first-order chi connectivity index (χ1) is 15.3. The van der Waals surface area contributed by atoms with Crippen molar-refractivity contribution in [2.75, 3.05) is 38.2 Å². The number of benzene rings is 2. The summed E-state index contributed by atoms with van der Waals surface area (Å²) in [4.78, 5) is 29.6. The van der Waals surface area contributed by atoms with Crippen LogP contribution in [-0.4, -0.2) is 68.8 Å². The van der Waals surface area contributed by atoms with Gasteiger partial charge in [-0.05, 0) is 37.6 Å². The highest BCUT2D eigenvalue weighted by atomic mass is 32.2. The molecule has 2 aromatic rings. The molecule has 4 rings (SSSR count). The van der Waals surface area contributed by atoms with Crippen molar-refractivity contribution in [3.05, 3.63) is 54.1 Å². The van der Waals surface area contributed by atoms with Gasteiger partial charge >= 0.3 is 0 Å². The van der Waals surface area contributed by atoms with Gasteiger partial charge in [0.05, 0.1) is 17.7 Å².